The highest BCUT2D eigenvalue weighted by atomic mass is 19.2. The fourth-order valence-corrected chi connectivity index (χ4v) is 3.09. The van der Waals surface area contributed by atoms with Crippen molar-refractivity contribution >= 4 is 0 Å². The average molecular weight is 284 g/mol. The highest BCUT2D eigenvalue weighted by Gasteiger charge is 2.39. The maximum Gasteiger partial charge on any atom is 0.159 e. The van der Waals surface area contributed by atoms with Gasteiger partial charge in [-0.25, -0.2) is 8.78 Å². The van der Waals surface area contributed by atoms with E-state index >= 15 is 0 Å². The molecule has 0 aromatic heterocycles. The minimum absolute atomic E-state index is 0.289. The molecule has 112 valence electrons. The van der Waals surface area contributed by atoms with E-state index in [-0.39, 0.29) is 6.42 Å². The van der Waals surface area contributed by atoms with E-state index in [0.717, 1.165) is 44.2 Å². The molecule has 1 aromatic carbocycles. The van der Waals surface area contributed by atoms with Gasteiger partial charge in [-0.05, 0) is 37.5 Å². The van der Waals surface area contributed by atoms with Crippen LogP contribution in [0.5, 0.6) is 0 Å². The second-order valence-electron chi connectivity index (χ2n) is 5.53. The predicted molar refractivity (Wildman–Crippen MR) is 73.5 cm³/mol. The van der Waals surface area contributed by atoms with Gasteiger partial charge in [-0.15, -0.1) is 0 Å². The molecule has 0 saturated heterocycles. The van der Waals surface area contributed by atoms with E-state index in [1.807, 2.05) is 6.92 Å². The molecule has 0 spiro atoms. The Morgan fingerprint density at radius 1 is 1.20 bits per heavy atom. The van der Waals surface area contributed by atoms with E-state index in [1.54, 1.807) is 0 Å². The number of benzene rings is 1. The van der Waals surface area contributed by atoms with Crippen LogP contribution in [0.15, 0.2) is 18.2 Å². The van der Waals surface area contributed by atoms with Crippen LogP contribution >= 0.6 is 0 Å². The number of aliphatic hydroxyl groups excluding tert-OH is 1. The summed E-state index contributed by atoms with van der Waals surface area (Å²) in [5.41, 5.74) is 0.0683. The Morgan fingerprint density at radius 2 is 1.90 bits per heavy atom. The first-order valence-electron chi connectivity index (χ1n) is 7.33. The summed E-state index contributed by atoms with van der Waals surface area (Å²) in [5.74, 6) is -1.73. The van der Waals surface area contributed by atoms with Crippen molar-refractivity contribution in [3.05, 3.63) is 35.4 Å². The molecule has 4 heteroatoms. The lowest BCUT2D eigenvalue weighted by Gasteiger charge is -2.41. The van der Waals surface area contributed by atoms with Gasteiger partial charge < -0.3 is 9.84 Å². The number of aliphatic hydroxyl groups is 1. The van der Waals surface area contributed by atoms with Gasteiger partial charge in [-0.2, -0.15) is 0 Å². The van der Waals surface area contributed by atoms with Crippen LogP contribution in [0.25, 0.3) is 0 Å². The predicted octanol–water partition coefficient (Wildman–Crippen LogP) is 3.61. The Labute approximate surface area is 118 Å². The van der Waals surface area contributed by atoms with E-state index in [2.05, 4.69) is 0 Å². The highest BCUT2D eigenvalue weighted by molar-refractivity contribution is 5.19. The first-order valence-corrected chi connectivity index (χ1v) is 7.33. The van der Waals surface area contributed by atoms with E-state index in [4.69, 9.17) is 4.74 Å². The highest BCUT2D eigenvalue weighted by Crippen LogP contribution is 2.35. The fraction of sp³-hybridized carbons (Fsp3) is 0.625. The molecular formula is C16H22F2O2. The minimum Gasteiger partial charge on any atom is -0.390 e. The molecule has 1 aromatic rings. The maximum atomic E-state index is 13.2. The monoisotopic (exact) mass is 284 g/mol. The van der Waals surface area contributed by atoms with Crippen molar-refractivity contribution in [2.24, 2.45) is 0 Å². The van der Waals surface area contributed by atoms with Crippen molar-refractivity contribution in [3.63, 3.8) is 0 Å². The molecule has 1 fully saturated rings. The van der Waals surface area contributed by atoms with Crippen molar-refractivity contribution in [3.8, 4) is 0 Å². The molecular weight excluding hydrogens is 262 g/mol. The van der Waals surface area contributed by atoms with Crippen molar-refractivity contribution in [2.45, 2.75) is 57.2 Å². The molecule has 2 nitrogen and oxygen atoms in total. The molecule has 1 aliphatic carbocycles. The van der Waals surface area contributed by atoms with E-state index in [1.165, 1.54) is 6.07 Å². The van der Waals surface area contributed by atoms with Crippen molar-refractivity contribution in [2.75, 3.05) is 6.61 Å². The summed E-state index contributed by atoms with van der Waals surface area (Å²) in [6.07, 6.45) is 4.48. The Kier molecular flexibility index (Phi) is 5.11. The SMILES string of the molecule is CCOC1(C(O)Cc2ccc(F)c(F)c2)CCCCC1. The molecule has 0 heterocycles. The van der Waals surface area contributed by atoms with Gasteiger partial charge in [0.25, 0.3) is 0 Å². The van der Waals surface area contributed by atoms with Gasteiger partial charge >= 0.3 is 0 Å². The third-order valence-electron chi connectivity index (χ3n) is 4.15. The van der Waals surface area contributed by atoms with Crippen LogP contribution < -0.4 is 0 Å². The average Bonchev–Trinajstić information content (AvgIpc) is 2.44. The minimum atomic E-state index is -0.871. The molecule has 1 unspecified atom stereocenters. The summed E-state index contributed by atoms with van der Waals surface area (Å²) in [6, 6.07) is 3.77. The van der Waals surface area contributed by atoms with Crippen LogP contribution in [0.2, 0.25) is 0 Å². The van der Waals surface area contributed by atoms with Crippen LogP contribution in [0.3, 0.4) is 0 Å². The summed E-state index contributed by atoms with van der Waals surface area (Å²) in [4.78, 5) is 0. The van der Waals surface area contributed by atoms with Crippen LogP contribution in [0, 0.1) is 11.6 Å². The molecule has 20 heavy (non-hydrogen) atoms. The van der Waals surface area contributed by atoms with Gasteiger partial charge in [-0.1, -0.05) is 25.3 Å². The normalized spacial score (nSPS) is 19.8. The fourth-order valence-electron chi connectivity index (χ4n) is 3.09. The zero-order valence-electron chi connectivity index (χ0n) is 11.9. The van der Waals surface area contributed by atoms with E-state index in [9.17, 15) is 13.9 Å². The molecule has 1 N–H and O–H groups in total. The Bertz CT molecular complexity index is 437. The molecule has 1 saturated carbocycles. The summed E-state index contributed by atoms with van der Waals surface area (Å²) >= 11 is 0. The molecule has 0 bridgehead atoms. The lowest BCUT2D eigenvalue weighted by atomic mass is 9.78. The van der Waals surface area contributed by atoms with Crippen LogP contribution in [-0.2, 0) is 11.2 Å². The van der Waals surface area contributed by atoms with Crippen LogP contribution in [0.4, 0.5) is 8.78 Å². The second-order valence-corrected chi connectivity index (χ2v) is 5.53. The molecule has 0 aliphatic heterocycles. The second kappa shape index (κ2) is 6.64. The van der Waals surface area contributed by atoms with Crippen LogP contribution in [0.1, 0.15) is 44.6 Å². The lowest BCUT2D eigenvalue weighted by Crippen LogP contribution is -2.47. The lowest BCUT2D eigenvalue weighted by molar-refractivity contribution is -0.138. The topological polar surface area (TPSA) is 29.5 Å². The number of hydrogen-bond donors (Lipinski definition) is 1. The van der Waals surface area contributed by atoms with Gasteiger partial charge in [0.1, 0.15) is 0 Å². The molecule has 1 atom stereocenters. The molecule has 2 rings (SSSR count). The Balaban J connectivity index is 2.11. The first kappa shape index (κ1) is 15.4. The zero-order chi connectivity index (χ0) is 14.6. The number of rotatable bonds is 5. The van der Waals surface area contributed by atoms with Gasteiger partial charge in [-0.3, -0.25) is 0 Å². The van der Waals surface area contributed by atoms with Gasteiger partial charge in [0.05, 0.1) is 11.7 Å². The van der Waals surface area contributed by atoms with Crippen molar-refractivity contribution in [1.82, 2.24) is 0 Å². The van der Waals surface area contributed by atoms with Gasteiger partial charge in [0.15, 0.2) is 11.6 Å². The van der Waals surface area contributed by atoms with Crippen molar-refractivity contribution < 1.29 is 18.6 Å². The Morgan fingerprint density at radius 3 is 2.50 bits per heavy atom. The maximum absolute atomic E-state index is 13.2. The largest absolute Gasteiger partial charge is 0.390 e. The smallest absolute Gasteiger partial charge is 0.159 e. The zero-order valence-corrected chi connectivity index (χ0v) is 11.9. The summed E-state index contributed by atoms with van der Waals surface area (Å²) < 4.78 is 32.0. The van der Waals surface area contributed by atoms with E-state index < -0.39 is 23.3 Å². The summed E-state index contributed by atoms with van der Waals surface area (Å²) in [6.45, 7) is 2.47. The quantitative estimate of drug-likeness (QED) is 0.895. The van der Waals surface area contributed by atoms with Gasteiger partial charge in [0, 0.05) is 13.0 Å². The molecule has 0 amide bonds. The third-order valence-corrected chi connectivity index (χ3v) is 4.15. The molecule has 0 radical (unpaired) electrons. The van der Waals surface area contributed by atoms with Gasteiger partial charge in [0.2, 0.25) is 0 Å². The Hall–Kier alpha value is -1.00. The summed E-state index contributed by atoms with van der Waals surface area (Å²) in [5, 5.41) is 10.5. The van der Waals surface area contributed by atoms with E-state index in [0.29, 0.717) is 12.2 Å². The van der Waals surface area contributed by atoms with Crippen LogP contribution in [-0.4, -0.2) is 23.4 Å². The number of ether oxygens (including phenoxy) is 1. The third kappa shape index (κ3) is 3.36. The number of hydrogen-bond acceptors (Lipinski definition) is 2. The molecule has 1 aliphatic rings. The first-order chi connectivity index (χ1) is 9.57. The standard InChI is InChI=1S/C16H22F2O2/c1-2-20-16(8-4-3-5-9-16)15(19)11-12-6-7-13(17)14(18)10-12/h6-7,10,15,19H,2-5,8-9,11H2,1H3. The van der Waals surface area contributed by atoms with Crippen molar-refractivity contribution in [1.29, 1.82) is 0 Å². The summed E-state index contributed by atoms with van der Waals surface area (Å²) in [7, 11) is 0. The number of halogens is 2.